The maximum absolute atomic E-state index is 10.2. The van der Waals surface area contributed by atoms with Gasteiger partial charge in [0.25, 0.3) is 0 Å². The Labute approximate surface area is 289 Å². The first-order valence-corrected chi connectivity index (χ1v) is 20.5. The van der Waals surface area contributed by atoms with E-state index in [1.165, 1.54) is 185 Å². The van der Waals surface area contributed by atoms with Crippen LogP contribution in [0.1, 0.15) is 212 Å². The van der Waals surface area contributed by atoms with Crippen molar-refractivity contribution in [3.8, 4) is 0 Å². The maximum Gasteiger partial charge on any atom is 0.104 e. The first kappa shape index (κ1) is 44.6. The topological polar surface area (TPSA) is 40.1 Å². The lowest BCUT2D eigenvalue weighted by Crippen LogP contribution is -2.39. The number of carbonyl (C=O) groups excluding carboxylic acids is 1. The molecule has 270 valence electrons. The van der Waals surface area contributed by atoms with Gasteiger partial charge in [0.1, 0.15) is 6.54 Å². The number of rotatable bonds is 33. The molecule has 0 N–H and O–H groups in total. The average Bonchev–Trinajstić information content (AvgIpc) is 3.03. The fourth-order valence-electron chi connectivity index (χ4n) is 6.53. The number of carboxylic acids is 1. The average molecular weight is 644 g/mol. The van der Waals surface area contributed by atoms with Gasteiger partial charge in [-0.25, -0.2) is 0 Å². The number of aliphatic carboxylic acids is 1. The molecular weight excluding hydrogens is 562 g/mol. The summed E-state index contributed by atoms with van der Waals surface area (Å²) in [6.07, 6.45) is 40.0. The third kappa shape index (κ3) is 35.5. The van der Waals surface area contributed by atoms with Gasteiger partial charge in [-0.2, -0.15) is 0 Å². The fourth-order valence-corrected chi connectivity index (χ4v) is 6.53. The van der Waals surface area contributed by atoms with Crippen LogP contribution in [-0.4, -0.2) is 31.1 Å². The molecule has 0 aliphatic carbocycles. The van der Waals surface area contributed by atoms with Gasteiger partial charge >= 0.3 is 0 Å². The summed E-state index contributed by atoms with van der Waals surface area (Å²) < 4.78 is 1.11. The molecule has 1 rings (SSSR count). The van der Waals surface area contributed by atoms with Crippen molar-refractivity contribution in [3.05, 3.63) is 35.9 Å². The van der Waals surface area contributed by atoms with E-state index >= 15 is 0 Å². The molecule has 3 heteroatoms. The van der Waals surface area contributed by atoms with Crippen LogP contribution in [0.25, 0.3) is 0 Å². The minimum Gasteiger partial charge on any atom is -0.550 e. The summed E-state index contributed by atoms with van der Waals surface area (Å²) in [7, 11) is 4.74. The Morgan fingerprint density at radius 2 is 0.783 bits per heavy atom. The van der Waals surface area contributed by atoms with Gasteiger partial charge in [0, 0.05) is 11.5 Å². The van der Waals surface area contributed by atoms with E-state index in [4.69, 9.17) is 0 Å². The summed E-state index contributed by atoms with van der Waals surface area (Å²) in [6.45, 7) is 7.01. The largest absolute Gasteiger partial charge is 0.550 e. The lowest BCUT2D eigenvalue weighted by Gasteiger charge is -2.30. The van der Waals surface area contributed by atoms with Crippen LogP contribution in [-0.2, 0) is 11.3 Å². The highest BCUT2D eigenvalue weighted by Crippen LogP contribution is 2.16. The molecule has 0 spiro atoms. The van der Waals surface area contributed by atoms with E-state index in [1.807, 2.05) is 0 Å². The zero-order chi connectivity index (χ0) is 33.8. The Morgan fingerprint density at radius 3 is 1.11 bits per heavy atom. The molecule has 0 radical (unpaired) electrons. The van der Waals surface area contributed by atoms with Gasteiger partial charge in [0.2, 0.25) is 0 Å². The number of nitrogens with zero attached hydrogens (tertiary/aromatic N) is 1. The molecule has 0 aliphatic heterocycles. The lowest BCUT2D eigenvalue weighted by atomic mass is 10.0. The van der Waals surface area contributed by atoms with Crippen molar-refractivity contribution in [2.24, 2.45) is 0 Å². The quantitative estimate of drug-likeness (QED) is 0.0565. The monoisotopic (exact) mass is 644 g/mol. The second kappa shape index (κ2) is 35.0. The number of quaternary nitrogens is 1. The van der Waals surface area contributed by atoms with Crippen LogP contribution in [0, 0.1) is 0 Å². The Kier molecular flexibility index (Phi) is 33.9. The Balaban J connectivity index is 0.000000914. The number of benzene rings is 1. The molecule has 0 fully saturated rings. The number of unbranched alkanes of at least 4 members (excludes halogenated alkanes) is 27. The third-order valence-corrected chi connectivity index (χ3v) is 9.55. The normalized spacial score (nSPS) is 11.4. The van der Waals surface area contributed by atoms with Crippen molar-refractivity contribution >= 4 is 5.97 Å². The molecule has 0 saturated carbocycles. The van der Waals surface area contributed by atoms with Crippen LogP contribution < -0.4 is 5.11 Å². The minimum absolute atomic E-state index is 0.234. The van der Waals surface area contributed by atoms with Crippen LogP contribution in [0.15, 0.2) is 30.3 Å². The molecule has 0 aliphatic rings. The van der Waals surface area contributed by atoms with E-state index in [2.05, 4.69) is 58.3 Å². The van der Waals surface area contributed by atoms with E-state index < -0.39 is 5.97 Å². The standard InChI is InChI=1S/C25H46N.C18H36O2/c1-4-5-6-7-8-9-10-11-12-13-14-15-16-20-23-26(2,3)24-25-21-18-17-19-22-25;1-2-3-4-5-6-7-8-9-10-11-12-13-14-15-16-17-18(19)20/h17-19,21-22H,4-16,20,23-24H2,1-3H3;2-17H2,1H3,(H,19,20)/q+1;/p-1. The second-order valence-corrected chi connectivity index (χ2v) is 15.0. The summed E-state index contributed by atoms with van der Waals surface area (Å²) in [5.41, 5.74) is 1.46. The first-order valence-electron chi connectivity index (χ1n) is 20.5. The highest BCUT2D eigenvalue weighted by atomic mass is 16.4. The van der Waals surface area contributed by atoms with E-state index in [9.17, 15) is 9.90 Å². The van der Waals surface area contributed by atoms with Crippen LogP contribution in [0.4, 0.5) is 0 Å². The summed E-state index contributed by atoms with van der Waals surface area (Å²) >= 11 is 0. The van der Waals surface area contributed by atoms with Crippen molar-refractivity contribution in [3.63, 3.8) is 0 Å². The smallest absolute Gasteiger partial charge is 0.104 e. The van der Waals surface area contributed by atoms with E-state index in [0.717, 1.165) is 23.9 Å². The number of hydrogen-bond acceptors (Lipinski definition) is 2. The predicted molar refractivity (Wildman–Crippen MR) is 202 cm³/mol. The zero-order valence-corrected chi connectivity index (χ0v) is 31.8. The highest BCUT2D eigenvalue weighted by Gasteiger charge is 2.14. The van der Waals surface area contributed by atoms with Gasteiger partial charge in [0.15, 0.2) is 0 Å². The Bertz CT molecular complexity index is 732. The molecule has 46 heavy (non-hydrogen) atoms. The van der Waals surface area contributed by atoms with Gasteiger partial charge in [-0.3, -0.25) is 0 Å². The molecule has 0 amide bonds. The van der Waals surface area contributed by atoms with Crippen molar-refractivity contribution < 1.29 is 14.4 Å². The molecule has 1 aromatic carbocycles. The van der Waals surface area contributed by atoms with Crippen LogP contribution in [0.3, 0.4) is 0 Å². The van der Waals surface area contributed by atoms with Crippen LogP contribution in [0.2, 0.25) is 0 Å². The summed E-state index contributed by atoms with van der Waals surface area (Å²) in [5.74, 6) is -0.903. The van der Waals surface area contributed by atoms with Gasteiger partial charge in [-0.05, 0) is 25.7 Å². The van der Waals surface area contributed by atoms with Gasteiger partial charge in [-0.15, -0.1) is 0 Å². The van der Waals surface area contributed by atoms with E-state index in [-0.39, 0.29) is 6.42 Å². The molecule has 0 aromatic heterocycles. The van der Waals surface area contributed by atoms with Crippen molar-refractivity contribution in [1.82, 2.24) is 0 Å². The van der Waals surface area contributed by atoms with Gasteiger partial charge in [-0.1, -0.05) is 211 Å². The third-order valence-electron chi connectivity index (χ3n) is 9.55. The molecule has 1 aromatic rings. The van der Waals surface area contributed by atoms with Gasteiger partial charge in [0.05, 0.1) is 20.6 Å². The SMILES string of the molecule is CCCCCCCCCCCCCCCCCC(=O)[O-].CCCCCCCCCCCCCCCC[N+](C)(C)Cc1ccccc1. The lowest BCUT2D eigenvalue weighted by molar-refractivity contribution is -0.903. The Hall–Kier alpha value is -1.35. The molecule has 0 atom stereocenters. The van der Waals surface area contributed by atoms with E-state index in [0.29, 0.717) is 0 Å². The molecule has 3 nitrogen and oxygen atoms in total. The summed E-state index contributed by atoms with van der Waals surface area (Å²) in [5, 5.41) is 10.2. The second-order valence-electron chi connectivity index (χ2n) is 15.0. The number of carbonyl (C=O) groups is 1. The minimum atomic E-state index is -0.903. The summed E-state index contributed by atoms with van der Waals surface area (Å²) in [4.78, 5) is 10.2. The predicted octanol–water partition coefficient (Wildman–Crippen LogP) is 12.7. The molecular formula is C43H81NO2. The number of hydrogen-bond donors (Lipinski definition) is 0. The molecule has 0 unspecified atom stereocenters. The van der Waals surface area contributed by atoms with Crippen molar-refractivity contribution in [2.75, 3.05) is 20.6 Å². The van der Waals surface area contributed by atoms with Crippen LogP contribution in [0.5, 0.6) is 0 Å². The molecule has 0 bridgehead atoms. The van der Waals surface area contributed by atoms with Crippen molar-refractivity contribution in [1.29, 1.82) is 0 Å². The maximum atomic E-state index is 10.2. The number of carboxylic acid groups (broad SMARTS) is 1. The highest BCUT2D eigenvalue weighted by molar-refractivity contribution is 5.64. The molecule has 0 heterocycles. The zero-order valence-electron chi connectivity index (χ0n) is 31.8. The van der Waals surface area contributed by atoms with E-state index in [1.54, 1.807) is 0 Å². The summed E-state index contributed by atoms with van der Waals surface area (Å²) in [6, 6.07) is 10.9. The molecule has 0 saturated heterocycles. The Morgan fingerprint density at radius 1 is 0.478 bits per heavy atom. The fraction of sp³-hybridized carbons (Fsp3) is 0.837. The van der Waals surface area contributed by atoms with Gasteiger partial charge < -0.3 is 14.4 Å². The van der Waals surface area contributed by atoms with Crippen molar-refractivity contribution in [2.45, 2.75) is 213 Å². The first-order chi connectivity index (χ1) is 22.4. The van der Waals surface area contributed by atoms with Crippen LogP contribution >= 0.6 is 0 Å².